The first-order chi connectivity index (χ1) is 13.2. The lowest BCUT2D eigenvalue weighted by atomic mass is 9.98. The molecule has 0 radical (unpaired) electrons. The molecule has 1 aromatic rings. The summed E-state index contributed by atoms with van der Waals surface area (Å²) in [7, 11) is 1.28. The lowest BCUT2D eigenvalue weighted by Crippen LogP contribution is -2.47. The minimum atomic E-state index is -0.777. The topological polar surface area (TPSA) is 84.0 Å². The average molecular weight is 468 g/mol. The van der Waals surface area contributed by atoms with Gasteiger partial charge in [0, 0.05) is 13.1 Å². The molecule has 0 saturated carbocycles. The van der Waals surface area contributed by atoms with E-state index in [9.17, 15) is 19.2 Å². The van der Waals surface area contributed by atoms with Crippen LogP contribution in [-0.2, 0) is 14.3 Å². The Morgan fingerprint density at radius 3 is 2.04 bits per heavy atom. The third kappa shape index (κ3) is 3.45. The van der Waals surface area contributed by atoms with Crippen LogP contribution in [0.5, 0.6) is 0 Å². The Bertz CT molecular complexity index is 857. The second-order valence-corrected chi connectivity index (χ2v) is 7.92. The zero-order valence-electron chi connectivity index (χ0n) is 14.6. The van der Waals surface area contributed by atoms with Crippen molar-refractivity contribution in [1.82, 2.24) is 9.80 Å². The molecule has 3 amide bonds. The fourth-order valence-corrected chi connectivity index (χ4v) is 4.35. The number of rotatable bonds is 3. The predicted octanol–water partition coefficient (Wildman–Crippen LogP) is 3.31. The normalized spacial score (nSPS) is 19.1. The van der Waals surface area contributed by atoms with Crippen LogP contribution in [0.3, 0.4) is 0 Å². The number of nitrogens with zero attached hydrogens (tertiary/aromatic N) is 2. The van der Waals surface area contributed by atoms with E-state index in [0.29, 0.717) is 19.4 Å². The molecule has 0 aliphatic carbocycles. The summed E-state index contributed by atoms with van der Waals surface area (Å²) in [5, 5.41) is -0.664. The smallest absolute Gasteiger partial charge is 0.310 e. The SMILES string of the molecule is COC(=O)C1CCCN(C(=O)CN2C(=O)c3c(Cl)c(Cl)c(Cl)c(Cl)c3C2=O)C1. The molecule has 1 aromatic carbocycles. The summed E-state index contributed by atoms with van der Waals surface area (Å²) in [5.41, 5.74) is -0.352. The van der Waals surface area contributed by atoms with Gasteiger partial charge in [-0.2, -0.15) is 0 Å². The summed E-state index contributed by atoms with van der Waals surface area (Å²) in [5.74, 6) is -2.87. The molecule has 7 nitrogen and oxygen atoms in total. The van der Waals surface area contributed by atoms with Crippen LogP contribution in [0.1, 0.15) is 33.6 Å². The van der Waals surface area contributed by atoms with Gasteiger partial charge in [-0.15, -0.1) is 0 Å². The van der Waals surface area contributed by atoms with Crippen LogP contribution in [0.25, 0.3) is 0 Å². The number of carbonyl (C=O) groups excluding carboxylic acids is 4. The second-order valence-electron chi connectivity index (χ2n) is 6.40. The molecular formula is C17H14Cl4N2O5. The third-order valence-electron chi connectivity index (χ3n) is 4.79. The number of carbonyl (C=O) groups is 4. The first kappa shape index (κ1) is 21.2. The van der Waals surface area contributed by atoms with Gasteiger partial charge >= 0.3 is 5.97 Å². The Hall–Kier alpha value is -1.54. The van der Waals surface area contributed by atoms with Crippen molar-refractivity contribution < 1.29 is 23.9 Å². The standard InChI is InChI=1S/C17H14Cl4N2O5/c1-28-17(27)7-3-2-4-22(5-7)8(24)6-23-15(25)9-10(16(23)26)12(19)14(21)13(20)11(9)18/h7H,2-6H2,1H3. The molecule has 2 aliphatic heterocycles. The van der Waals surface area contributed by atoms with Gasteiger partial charge in [0.15, 0.2) is 0 Å². The molecular weight excluding hydrogens is 454 g/mol. The Kier molecular flexibility index (Phi) is 6.10. The van der Waals surface area contributed by atoms with E-state index in [2.05, 4.69) is 0 Å². The molecule has 1 fully saturated rings. The number of likely N-dealkylation sites (tertiary alicyclic amines) is 1. The van der Waals surface area contributed by atoms with Gasteiger partial charge in [-0.1, -0.05) is 46.4 Å². The van der Waals surface area contributed by atoms with Crippen LogP contribution in [0.4, 0.5) is 0 Å². The van der Waals surface area contributed by atoms with E-state index in [1.54, 1.807) is 0 Å². The molecule has 0 aromatic heterocycles. The highest BCUT2D eigenvalue weighted by atomic mass is 35.5. The van der Waals surface area contributed by atoms with E-state index >= 15 is 0 Å². The number of hydrogen-bond acceptors (Lipinski definition) is 5. The first-order valence-electron chi connectivity index (χ1n) is 8.26. The van der Waals surface area contributed by atoms with E-state index in [1.165, 1.54) is 12.0 Å². The van der Waals surface area contributed by atoms with Gasteiger partial charge in [-0.25, -0.2) is 0 Å². The van der Waals surface area contributed by atoms with Crippen molar-refractivity contribution in [3.8, 4) is 0 Å². The number of piperidine rings is 1. The van der Waals surface area contributed by atoms with Gasteiger partial charge in [-0.3, -0.25) is 24.1 Å². The molecule has 0 bridgehead atoms. The maximum absolute atomic E-state index is 12.7. The fraction of sp³-hybridized carbons (Fsp3) is 0.412. The van der Waals surface area contributed by atoms with E-state index in [4.69, 9.17) is 51.1 Å². The molecule has 2 aliphatic rings. The van der Waals surface area contributed by atoms with Gasteiger partial charge in [0.2, 0.25) is 5.91 Å². The molecule has 0 N–H and O–H groups in total. The van der Waals surface area contributed by atoms with Crippen molar-refractivity contribution in [1.29, 1.82) is 0 Å². The van der Waals surface area contributed by atoms with E-state index in [0.717, 1.165) is 4.90 Å². The minimum absolute atomic E-state index is 0.140. The number of imide groups is 1. The Labute approximate surface area is 180 Å². The average Bonchev–Trinajstić information content (AvgIpc) is 2.94. The quantitative estimate of drug-likeness (QED) is 0.294. The lowest BCUT2D eigenvalue weighted by molar-refractivity contribution is -0.149. The van der Waals surface area contributed by atoms with Crippen LogP contribution in [0, 0.1) is 5.92 Å². The van der Waals surface area contributed by atoms with Crippen LogP contribution in [0.15, 0.2) is 0 Å². The fourth-order valence-electron chi connectivity index (χ4n) is 3.34. The summed E-state index contributed by atoms with van der Waals surface area (Å²) >= 11 is 24.1. The molecule has 28 heavy (non-hydrogen) atoms. The first-order valence-corrected chi connectivity index (χ1v) is 9.77. The summed E-state index contributed by atoms with van der Waals surface area (Å²) in [6, 6.07) is 0. The zero-order valence-corrected chi connectivity index (χ0v) is 17.6. The number of fused-ring (bicyclic) bond motifs is 1. The highest BCUT2D eigenvalue weighted by molar-refractivity contribution is 6.55. The van der Waals surface area contributed by atoms with Crippen LogP contribution < -0.4 is 0 Å². The monoisotopic (exact) mass is 466 g/mol. The number of hydrogen-bond donors (Lipinski definition) is 0. The van der Waals surface area contributed by atoms with Crippen LogP contribution in [-0.4, -0.2) is 60.2 Å². The van der Waals surface area contributed by atoms with Gasteiger partial charge < -0.3 is 9.64 Å². The van der Waals surface area contributed by atoms with Crippen molar-refractivity contribution in [3.05, 3.63) is 31.2 Å². The van der Waals surface area contributed by atoms with Crippen molar-refractivity contribution in [2.75, 3.05) is 26.7 Å². The lowest BCUT2D eigenvalue weighted by Gasteiger charge is -2.32. The van der Waals surface area contributed by atoms with Crippen molar-refractivity contribution in [3.63, 3.8) is 0 Å². The third-order valence-corrected chi connectivity index (χ3v) is 6.59. The van der Waals surface area contributed by atoms with Crippen LogP contribution in [0.2, 0.25) is 20.1 Å². The Balaban J connectivity index is 1.82. The number of methoxy groups -OCH3 is 1. The highest BCUT2D eigenvalue weighted by Crippen LogP contribution is 2.44. The molecule has 2 heterocycles. The zero-order chi connectivity index (χ0) is 20.7. The molecule has 150 valence electrons. The molecule has 1 saturated heterocycles. The van der Waals surface area contributed by atoms with E-state index < -0.39 is 36.2 Å². The number of benzene rings is 1. The summed E-state index contributed by atoms with van der Waals surface area (Å²) in [6.07, 6.45) is 1.21. The molecule has 1 unspecified atom stereocenters. The Morgan fingerprint density at radius 1 is 1.00 bits per heavy atom. The number of esters is 1. The molecule has 3 rings (SSSR count). The van der Waals surface area contributed by atoms with Gasteiger partial charge in [-0.05, 0) is 12.8 Å². The summed E-state index contributed by atoms with van der Waals surface area (Å²) in [6.45, 7) is 0.0602. The highest BCUT2D eigenvalue weighted by Gasteiger charge is 2.43. The largest absolute Gasteiger partial charge is 0.469 e. The summed E-state index contributed by atoms with van der Waals surface area (Å²) in [4.78, 5) is 52.0. The summed E-state index contributed by atoms with van der Waals surface area (Å²) < 4.78 is 4.73. The number of halogens is 4. The van der Waals surface area contributed by atoms with Gasteiger partial charge in [0.1, 0.15) is 6.54 Å². The molecule has 0 spiro atoms. The second kappa shape index (κ2) is 8.06. The van der Waals surface area contributed by atoms with Gasteiger partial charge in [0.05, 0.1) is 44.2 Å². The molecule has 1 atom stereocenters. The maximum Gasteiger partial charge on any atom is 0.310 e. The number of ether oxygens (including phenoxy) is 1. The van der Waals surface area contributed by atoms with Crippen molar-refractivity contribution in [2.24, 2.45) is 5.92 Å². The van der Waals surface area contributed by atoms with Crippen molar-refractivity contribution in [2.45, 2.75) is 12.8 Å². The number of amides is 3. The Morgan fingerprint density at radius 2 is 1.54 bits per heavy atom. The maximum atomic E-state index is 12.7. The van der Waals surface area contributed by atoms with E-state index in [1.807, 2.05) is 0 Å². The van der Waals surface area contributed by atoms with Crippen molar-refractivity contribution >= 4 is 70.1 Å². The van der Waals surface area contributed by atoms with Gasteiger partial charge in [0.25, 0.3) is 11.8 Å². The minimum Gasteiger partial charge on any atom is -0.469 e. The van der Waals surface area contributed by atoms with E-state index in [-0.39, 0.29) is 37.8 Å². The molecule has 11 heteroatoms. The van der Waals surface area contributed by atoms with Crippen LogP contribution >= 0.6 is 46.4 Å². The predicted molar refractivity (Wildman–Crippen MR) is 103 cm³/mol.